The molecule has 0 atom stereocenters. The Morgan fingerprint density at radius 1 is 1.07 bits per heavy atom. The van der Waals surface area contributed by atoms with Crippen LogP contribution in [0.1, 0.15) is 16.7 Å². The van der Waals surface area contributed by atoms with Gasteiger partial charge in [-0.25, -0.2) is 0 Å². The maximum absolute atomic E-state index is 5.37. The monoisotopic (exact) mass is 266 g/mol. The molecule has 0 amide bonds. The van der Waals surface area contributed by atoms with Gasteiger partial charge in [-0.3, -0.25) is 0 Å². The number of rotatable bonds is 1. The summed E-state index contributed by atoms with van der Waals surface area (Å²) in [6.45, 7) is 6.17. The average Bonchev–Trinajstić information content (AvgIpc) is 2.49. The highest BCUT2D eigenvalue weighted by Crippen LogP contribution is 2.28. The summed E-state index contributed by atoms with van der Waals surface area (Å²) in [4.78, 5) is 0.414. The van der Waals surface area contributed by atoms with Gasteiger partial charge >= 0.3 is 0 Å². The Morgan fingerprint density at radius 3 is 2.13 bits per heavy atom. The van der Waals surface area contributed by atoms with E-state index >= 15 is 0 Å². The molecule has 1 aromatic heterocycles. The van der Waals surface area contributed by atoms with E-state index in [1.165, 1.54) is 5.56 Å². The summed E-state index contributed by atoms with van der Waals surface area (Å²) >= 11 is 3.15. The first-order valence-corrected chi connectivity index (χ1v) is 5.44. The fourth-order valence-corrected chi connectivity index (χ4v) is 2.06. The van der Waals surface area contributed by atoms with Crippen LogP contribution >= 0.6 is 15.9 Å². The molecule has 1 aromatic carbocycles. The van der Waals surface area contributed by atoms with E-state index in [1.54, 1.807) is 0 Å². The van der Waals surface area contributed by atoms with Gasteiger partial charge in [0.2, 0.25) is 5.89 Å². The molecule has 1 heterocycles. The summed E-state index contributed by atoms with van der Waals surface area (Å²) in [7, 11) is 0. The van der Waals surface area contributed by atoms with E-state index in [-0.39, 0.29) is 0 Å². The zero-order chi connectivity index (χ0) is 11.0. The first kappa shape index (κ1) is 10.4. The Balaban J connectivity index is 2.62. The lowest BCUT2D eigenvalue weighted by atomic mass is 10.00. The topological polar surface area (TPSA) is 38.9 Å². The Labute approximate surface area is 96.7 Å². The number of aromatic nitrogens is 2. The van der Waals surface area contributed by atoms with Gasteiger partial charge in [-0.05, 0) is 31.9 Å². The highest BCUT2D eigenvalue weighted by Gasteiger charge is 2.12. The molecule has 0 aliphatic carbocycles. The standard InChI is InChI=1S/C11H11BrN2O/c1-6-4-7(2)9(8(3)5-6)10-13-14-11(12)15-10/h4-5H,1-3H3. The number of halogens is 1. The molecule has 15 heavy (non-hydrogen) atoms. The smallest absolute Gasteiger partial charge is 0.285 e. The molecule has 0 saturated heterocycles. The minimum absolute atomic E-state index is 0.414. The fraction of sp³-hybridized carbons (Fsp3) is 0.273. The number of nitrogens with zero attached hydrogens (tertiary/aromatic N) is 2. The first-order chi connectivity index (χ1) is 7.08. The molecule has 2 rings (SSSR count). The van der Waals surface area contributed by atoms with Gasteiger partial charge in [0, 0.05) is 21.5 Å². The zero-order valence-corrected chi connectivity index (χ0v) is 10.4. The van der Waals surface area contributed by atoms with Crippen molar-refractivity contribution >= 4 is 15.9 Å². The van der Waals surface area contributed by atoms with Crippen molar-refractivity contribution in [2.45, 2.75) is 20.8 Å². The number of hydrogen-bond acceptors (Lipinski definition) is 3. The van der Waals surface area contributed by atoms with Crippen LogP contribution in [0.4, 0.5) is 0 Å². The molecule has 2 aromatic rings. The van der Waals surface area contributed by atoms with Crippen LogP contribution < -0.4 is 0 Å². The predicted molar refractivity (Wildman–Crippen MR) is 61.6 cm³/mol. The second kappa shape index (κ2) is 3.77. The molecular formula is C11H11BrN2O. The van der Waals surface area contributed by atoms with Crippen LogP contribution in [0.5, 0.6) is 0 Å². The van der Waals surface area contributed by atoms with E-state index in [0.29, 0.717) is 10.7 Å². The van der Waals surface area contributed by atoms with Crippen LogP contribution in [0.3, 0.4) is 0 Å². The van der Waals surface area contributed by atoms with E-state index in [2.05, 4.69) is 45.2 Å². The average molecular weight is 267 g/mol. The van der Waals surface area contributed by atoms with Crippen LogP contribution in [0.25, 0.3) is 11.5 Å². The zero-order valence-electron chi connectivity index (χ0n) is 8.84. The lowest BCUT2D eigenvalue weighted by molar-refractivity contribution is 0.539. The van der Waals surface area contributed by atoms with Gasteiger partial charge in [0.1, 0.15) is 0 Å². The SMILES string of the molecule is Cc1cc(C)c(-c2nnc(Br)o2)c(C)c1. The number of hydrogen-bond donors (Lipinski definition) is 0. The minimum Gasteiger partial charge on any atom is -0.411 e. The fourth-order valence-electron chi connectivity index (χ4n) is 1.82. The maximum Gasteiger partial charge on any atom is 0.285 e. The van der Waals surface area contributed by atoms with Crippen LogP contribution in [-0.2, 0) is 0 Å². The second-order valence-electron chi connectivity index (χ2n) is 3.63. The van der Waals surface area contributed by atoms with Crippen molar-refractivity contribution in [3.63, 3.8) is 0 Å². The molecule has 0 fully saturated rings. The summed E-state index contributed by atoms with van der Waals surface area (Å²) < 4.78 is 5.37. The molecule has 0 unspecified atom stereocenters. The molecule has 3 nitrogen and oxygen atoms in total. The lowest BCUT2D eigenvalue weighted by Gasteiger charge is -2.06. The lowest BCUT2D eigenvalue weighted by Crippen LogP contribution is -1.90. The van der Waals surface area contributed by atoms with Crippen LogP contribution in [-0.4, -0.2) is 10.2 Å². The van der Waals surface area contributed by atoms with Crippen molar-refractivity contribution in [1.29, 1.82) is 0 Å². The van der Waals surface area contributed by atoms with Crippen molar-refractivity contribution in [3.8, 4) is 11.5 Å². The summed E-state index contributed by atoms with van der Waals surface area (Å²) in [6, 6.07) is 4.22. The van der Waals surface area contributed by atoms with Crippen LogP contribution in [0.15, 0.2) is 21.3 Å². The van der Waals surface area contributed by atoms with Crippen LogP contribution in [0.2, 0.25) is 0 Å². The van der Waals surface area contributed by atoms with E-state index < -0.39 is 0 Å². The van der Waals surface area contributed by atoms with Crippen molar-refractivity contribution in [1.82, 2.24) is 10.2 Å². The van der Waals surface area contributed by atoms with Gasteiger partial charge in [0.15, 0.2) is 0 Å². The molecule has 4 heteroatoms. The van der Waals surface area contributed by atoms with E-state index in [4.69, 9.17) is 4.42 Å². The summed E-state index contributed by atoms with van der Waals surface area (Å²) in [5.74, 6) is 0.567. The summed E-state index contributed by atoms with van der Waals surface area (Å²) in [5, 5.41) is 7.77. The summed E-state index contributed by atoms with van der Waals surface area (Å²) in [6.07, 6.45) is 0. The maximum atomic E-state index is 5.37. The number of benzene rings is 1. The minimum atomic E-state index is 0.414. The molecule has 0 saturated carbocycles. The summed E-state index contributed by atoms with van der Waals surface area (Å²) in [5.41, 5.74) is 4.58. The molecule has 0 aliphatic rings. The van der Waals surface area contributed by atoms with Gasteiger partial charge in [-0.15, -0.1) is 10.2 Å². The third-order valence-corrected chi connectivity index (χ3v) is 2.61. The van der Waals surface area contributed by atoms with Crippen molar-refractivity contribution in [3.05, 3.63) is 33.6 Å². The Hall–Kier alpha value is -1.16. The Kier molecular flexibility index (Phi) is 2.61. The van der Waals surface area contributed by atoms with Gasteiger partial charge in [0.05, 0.1) is 0 Å². The Morgan fingerprint density at radius 2 is 1.67 bits per heavy atom. The first-order valence-electron chi connectivity index (χ1n) is 4.65. The largest absolute Gasteiger partial charge is 0.411 e. The normalized spacial score (nSPS) is 10.7. The van der Waals surface area contributed by atoms with Crippen molar-refractivity contribution < 1.29 is 4.42 Å². The molecular weight excluding hydrogens is 256 g/mol. The van der Waals surface area contributed by atoms with Gasteiger partial charge in [-0.2, -0.15) is 0 Å². The third kappa shape index (κ3) is 1.95. The van der Waals surface area contributed by atoms with Crippen molar-refractivity contribution in [2.24, 2.45) is 0 Å². The molecule has 0 N–H and O–H groups in total. The van der Waals surface area contributed by atoms with Gasteiger partial charge in [-0.1, -0.05) is 17.7 Å². The predicted octanol–water partition coefficient (Wildman–Crippen LogP) is 3.42. The van der Waals surface area contributed by atoms with E-state index in [1.807, 2.05) is 13.8 Å². The van der Waals surface area contributed by atoms with Crippen LogP contribution in [0, 0.1) is 20.8 Å². The third-order valence-electron chi connectivity index (χ3n) is 2.29. The highest BCUT2D eigenvalue weighted by atomic mass is 79.9. The van der Waals surface area contributed by atoms with Gasteiger partial charge in [0.25, 0.3) is 4.80 Å². The highest BCUT2D eigenvalue weighted by molar-refractivity contribution is 9.10. The van der Waals surface area contributed by atoms with E-state index in [9.17, 15) is 0 Å². The molecule has 0 bridgehead atoms. The molecule has 0 aliphatic heterocycles. The Bertz CT molecular complexity index is 482. The van der Waals surface area contributed by atoms with Crippen molar-refractivity contribution in [2.75, 3.05) is 0 Å². The molecule has 0 radical (unpaired) electrons. The van der Waals surface area contributed by atoms with E-state index in [0.717, 1.165) is 16.7 Å². The molecule has 0 spiro atoms. The second-order valence-corrected chi connectivity index (χ2v) is 4.31. The quantitative estimate of drug-likeness (QED) is 0.794. The number of aryl methyl sites for hydroxylation is 3. The van der Waals surface area contributed by atoms with Gasteiger partial charge < -0.3 is 4.42 Å². The molecule has 78 valence electrons.